The minimum Gasteiger partial charge on any atom is -0.349 e. The fourth-order valence-electron chi connectivity index (χ4n) is 0.935. The van der Waals surface area contributed by atoms with Crippen molar-refractivity contribution in [3.05, 3.63) is 34.9 Å². The van der Waals surface area contributed by atoms with E-state index in [4.69, 9.17) is 11.6 Å². The molecule has 0 radical (unpaired) electrons. The number of rotatable bonds is 2. The Bertz CT molecular complexity index is 292. The van der Waals surface area contributed by atoms with E-state index in [0.717, 1.165) is 5.56 Å². The van der Waals surface area contributed by atoms with Gasteiger partial charge in [0, 0.05) is 19.1 Å². The first-order valence-corrected chi connectivity index (χ1v) is 4.42. The maximum absolute atomic E-state index is 11.3. The smallest absolute Gasteiger partial charge is 0.226 e. The minimum absolute atomic E-state index is 0.0994. The van der Waals surface area contributed by atoms with E-state index >= 15 is 0 Å². The van der Waals surface area contributed by atoms with E-state index in [-0.39, 0.29) is 5.91 Å². The summed E-state index contributed by atoms with van der Waals surface area (Å²) in [6.45, 7) is 0. The van der Waals surface area contributed by atoms with Gasteiger partial charge in [-0.2, -0.15) is 0 Å². The molecule has 0 aliphatic carbocycles. The van der Waals surface area contributed by atoms with Crippen molar-refractivity contribution >= 4 is 17.5 Å². The van der Waals surface area contributed by atoms with Crippen LogP contribution in [-0.4, -0.2) is 24.9 Å². The highest BCUT2D eigenvalue weighted by Crippen LogP contribution is 2.10. The maximum atomic E-state index is 11.3. The lowest BCUT2D eigenvalue weighted by molar-refractivity contribution is -0.127. The summed E-state index contributed by atoms with van der Waals surface area (Å²) >= 11 is 5.72. The lowest BCUT2D eigenvalue weighted by Gasteiger charge is -2.09. The quantitative estimate of drug-likeness (QED) is 0.710. The van der Waals surface area contributed by atoms with Crippen LogP contribution in [0.4, 0.5) is 0 Å². The van der Waals surface area contributed by atoms with Crippen LogP contribution in [0.15, 0.2) is 24.3 Å². The monoisotopic (exact) mass is 197 g/mol. The molecule has 0 heterocycles. The fraction of sp³-hybridized carbons (Fsp3) is 0.300. The van der Waals surface area contributed by atoms with Gasteiger partial charge in [0.05, 0.1) is 6.42 Å². The zero-order chi connectivity index (χ0) is 9.84. The lowest BCUT2D eigenvalue weighted by Crippen LogP contribution is -2.23. The summed E-state index contributed by atoms with van der Waals surface area (Å²) in [6, 6.07) is 7.31. The van der Waals surface area contributed by atoms with Crippen molar-refractivity contribution in [2.45, 2.75) is 6.42 Å². The molecule has 3 heteroatoms. The molecule has 13 heavy (non-hydrogen) atoms. The van der Waals surface area contributed by atoms with Crippen molar-refractivity contribution in [2.24, 2.45) is 0 Å². The van der Waals surface area contributed by atoms with E-state index in [0.29, 0.717) is 11.4 Å². The second-order valence-electron chi connectivity index (χ2n) is 3.09. The molecule has 1 aromatic carbocycles. The second kappa shape index (κ2) is 4.28. The molecule has 0 atom stereocenters. The molecule has 0 unspecified atom stereocenters. The number of halogens is 1. The third-order valence-corrected chi connectivity index (χ3v) is 2.02. The highest BCUT2D eigenvalue weighted by Gasteiger charge is 2.04. The van der Waals surface area contributed by atoms with Gasteiger partial charge in [-0.1, -0.05) is 23.7 Å². The van der Waals surface area contributed by atoms with Crippen LogP contribution in [0.2, 0.25) is 5.02 Å². The standard InChI is InChI=1S/C10H12ClNO/c1-12(2)10(13)7-8-3-5-9(11)6-4-8/h3-6H,7H2,1-2H3. The Balaban J connectivity index is 2.65. The average Bonchev–Trinajstić information content (AvgIpc) is 2.08. The van der Waals surface area contributed by atoms with Crippen molar-refractivity contribution in [3.63, 3.8) is 0 Å². The highest BCUT2D eigenvalue weighted by molar-refractivity contribution is 6.30. The zero-order valence-corrected chi connectivity index (χ0v) is 8.51. The Morgan fingerprint density at radius 3 is 2.31 bits per heavy atom. The third-order valence-electron chi connectivity index (χ3n) is 1.77. The first-order chi connectivity index (χ1) is 6.09. The zero-order valence-electron chi connectivity index (χ0n) is 7.75. The molecule has 1 rings (SSSR count). The predicted molar refractivity (Wildman–Crippen MR) is 53.9 cm³/mol. The lowest BCUT2D eigenvalue weighted by atomic mass is 10.1. The summed E-state index contributed by atoms with van der Waals surface area (Å²) in [5.41, 5.74) is 0.989. The van der Waals surface area contributed by atoms with Crippen LogP contribution in [0.1, 0.15) is 5.56 Å². The van der Waals surface area contributed by atoms with Crippen LogP contribution in [0.3, 0.4) is 0 Å². The number of carbonyl (C=O) groups excluding carboxylic acids is 1. The van der Waals surface area contributed by atoms with Gasteiger partial charge in [0.15, 0.2) is 0 Å². The molecule has 1 aromatic rings. The van der Waals surface area contributed by atoms with Gasteiger partial charge in [-0.3, -0.25) is 4.79 Å². The van der Waals surface area contributed by atoms with Gasteiger partial charge in [-0.25, -0.2) is 0 Å². The van der Waals surface area contributed by atoms with Crippen LogP contribution in [-0.2, 0) is 11.2 Å². The van der Waals surface area contributed by atoms with Gasteiger partial charge >= 0.3 is 0 Å². The number of hydrogen-bond donors (Lipinski definition) is 0. The maximum Gasteiger partial charge on any atom is 0.226 e. The molecule has 70 valence electrons. The van der Waals surface area contributed by atoms with Gasteiger partial charge in [0.25, 0.3) is 0 Å². The van der Waals surface area contributed by atoms with Crippen molar-refractivity contribution in [1.82, 2.24) is 4.90 Å². The normalized spacial score (nSPS) is 9.77. The average molecular weight is 198 g/mol. The topological polar surface area (TPSA) is 20.3 Å². The Morgan fingerprint density at radius 2 is 1.85 bits per heavy atom. The number of benzene rings is 1. The van der Waals surface area contributed by atoms with Crippen LogP contribution >= 0.6 is 11.6 Å². The van der Waals surface area contributed by atoms with Gasteiger partial charge in [-0.15, -0.1) is 0 Å². The summed E-state index contributed by atoms with van der Waals surface area (Å²) in [6.07, 6.45) is 0.435. The first-order valence-electron chi connectivity index (χ1n) is 4.04. The number of likely N-dealkylation sites (N-methyl/N-ethyl adjacent to an activating group) is 1. The van der Waals surface area contributed by atoms with E-state index in [2.05, 4.69) is 0 Å². The Kier molecular flexibility index (Phi) is 3.32. The number of amides is 1. The number of hydrogen-bond acceptors (Lipinski definition) is 1. The molecule has 1 amide bonds. The summed E-state index contributed by atoms with van der Waals surface area (Å²) in [5, 5.41) is 0.695. The summed E-state index contributed by atoms with van der Waals surface area (Å²) in [4.78, 5) is 12.9. The number of carbonyl (C=O) groups is 1. The van der Waals surface area contributed by atoms with Gasteiger partial charge < -0.3 is 4.90 Å². The molecule has 0 saturated carbocycles. The van der Waals surface area contributed by atoms with Crippen LogP contribution < -0.4 is 0 Å². The largest absolute Gasteiger partial charge is 0.349 e. The molecule has 0 fully saturated rings. The SMILES string of the molecule is CN(C)C(=O)Cc1ccc(Cl)cc1. The molecule has 0 N–H and O–H groups in total. The molecular formula is C10H12ClNO. The molecule has 0 saturated heterocycles. The van der Waals surface area contributed by atoms with Crippen molar-refractivity contribution in [3.8, 4) is 0 Å². The van der Waals surface area contributed by atoms with Crippen molar-refractivity contribution in [2.75, 3.05) is 14.1 Å². The second-order valence-corrected chi connectivity index (χ2v) is 3.53. The van der Waals surface area contributed by atoms with Gasteiger partial charge in [0.1, 0.15) is 0 Å². The van der Waals surface area contributed by atoms with Crippen molar-refractivity contribution in [1.29, 1.82) is 0 Å². The molecular weight excluding hydrogens is 186 g/mol. The van der Waals surface area contributed by atoms with Crippen molar-refractivity contribution < 1.29 is 4.79 Å². The molecule has 0 aromatic heterocycles. The van der Waals surface area contributed by atoms with E-state index in [1.54, 1.807) is 31.1 Å². The Morgan fingerprint density at radius 1 is 1.31 bits per heavy atom. The fourth-order valence-corrected chi connectivity index (χ4v) is 1.06. The third kappa shape index (κ3) is 3.07. The van der Waals surface area contributed by atoms with Gasteiger partial charge in [-0.05, 0) is 17.7 Å². The highest BCUT2D eigenvalue weighted by atomic mass is 35.5. The van der Waals surface area contributed by atoms with Crippen LogP contribution in [0.5, 0.6) is 0 Å². The van der Waals surface area contributed by atoms with E-state index in [9.17, 15) is 4.79 Å². The first kappa shape index (κ1) is 10.1. The summed E-state index contributed by atoms with van der Waals surface area (Å²) in [7, 11) is 3.50. The number of nitrogens with zero attached hydrogens (tertiary/aromatic N) is 1. The van der Waals surface area contributed by atoms with Gasteiger partial charge in [0.2, 0.25) is 5.91 Å². The molecule has 2 nitrogen and oxygen atoms in total. The van der Waals surface area contributed by atoms with E-state index in [1.165, 1.54) is 0 Å². The van der Waals surface area contributed by atoms with Crippen LogP contribution in [0.25, 0.3) is 0 Å². The predicted octanol–water partition coefficient (Wildman–Crippen LogP) is 1.97. The Labute approximate surface area is 83.1 Å². The van der Waals surface area contributed by atoms with Crippen LogP contribution in [0, 0.1) is 0 Å². The van der Waals surface area contributed by atoms with E-state index in [1.807, 2.05) is 12.1 Å². The van der Waals surface area contributed by atoms with E-state index < -0.39 is 0 Å². The minimum atomic E-state index is 0.0994. The molecule has 0 bridgehead atoms. The summed E-state index contributed by atoms with van der Waals surface area (Å²) in [5.74, 6) is 0.0994. The molecule has 0 spiro atoms. The molecule has 0 aliphatic rings. The summed E-state index contributed by atoms with van der Waals surface area (Å²) < 4.78 is 0. The molecule has 0 aliphatic heterocycles. The Hall–Kier alpha value is -1.02.